The third-order valence-electron chi connectivity index (χ3n) is 4.01. The summed E-state index contributed by atoms with van der Waals surface area (Å²) in [6, 6.07) is 16.7. The van der Waals surface area contributed by atoms with Gasteiger partial charge < -0.3 is 11.1 Å². The number of anilines is 1. The molecule has 0 fully saturated rings. The molecule has 2 rings (SSSR count). The Morgan fingerprint density at radius 2 is 1.65 bits per heavy atom. The molecule has 3 N–H and O–H groups in total. The molecule has 0 radical (unpaired) electrons. The van der Waals surface area contributed by atoms with Crippen LogP contribution in [0, 0.1) is 0 Å². The van der Waals surface area contributed by atoms with Crippen LogP contribution < -0.4 is 11.1 Å². The average molecular weight is 395 g/mol. The van der Waals surface area contributed by atoms with Crippen LogP contribution in [0.3, 0.4) is 0 Å². The maximum atomic E-state index is 12.6. The molecule has 1 amide bonds. The number of nitrogens with one attached hydrogen (secondary N) is 1. The van der Waals surface area contributed by atoms with Crippen LogP contribution in [0.1, 0.15) is 38.8 Å². The minimum atomic E-state index is -1.13. The molecule has 0 saturated carbocycles. The van der Waals surface area contributed by atoms with E-state index in [2.05, 4.69) is 5.32 Å². The van der Waals surface area contributed by atoms with Gasteiger partial charge in [-0.3, -0.25) is 9.00 Å². The molecule has 6 heteroatoms. The van der Waals surface area contributed by atoms with E-state index in [1.165, 1.54) is 0 Å². The standard InChI is InChI=1S/C20H26N2O2S.ClH/c1-19(2,3)25(24)14-15-9-8-12-17(13-15)22-18(23)20(4,21)16-10-6-5-7-11-16;/h5-13H,14,21H2,1-4H3,(H,22,23);1H. The highest BCUT2D eigenvalue weighted by Crippen LogP contribution is 2.22. The second-order valence-corrected chi connectivity index (χ2v) is 9.53. The monoisotopic (exact) mass is 394 g/mol. The van der Waals surface area contributed by atoms with Crippen molar-refractivity contribution < 1.29 is 9.00 Å². The van der Waals surface area contributed by atoms with Crippen LogP contribution >= 0.6 is 12.4 Å². The van der Waals surface area contributed by atoms with Crippen molar-refractivity contribution in [3.63, 3.8) is 0 Å². The number of benzene rings is 2. The number of halogens is 1. The van der Waals surface area contributed by atoms with Crippen molar-refractivity contribution in [3.05, 3.63) is 65.7 Å². The fourth-order valence-electron chi connectivity index (χ4n) is 2.28. The topological polar surface area (TPSA) is 72.2 Å². The van der Waals surface area contributed by atoms with Gasteiger partial charge in [0.2, 0.25) is 5.91 Å². The van der Waals surface area contributed by atoms with Crippen molar-refractivity contribution >= 4 is 34.8 Å². The molecule has 0 aliphatic carbocycles. The molecule has 0 spiro atoms. The molecule has 2 unspecified atom stereocenters. The van der Waals surface area contributed by atoms with E-state index in [4.69, 9.17) is 5.73 Å². The Balaban J connectivity index is 0.00000338. The van der Waals surface area contributed by atoms with E-state index in [9.17, 15) is 9.00 Å². The molecular weight excluding hydrogens is 368 g/mol. The molecule has 2 atom stereocenters. The summed E-state index contributed by atoms with van der Waals surface area (Å²) in [4.78, 5) is 12.6. The minimum absolute atomic E-state index is 0. The van der Waals surface area contributed by atoms with Gasteiger partial charge in [0.25, 0.3) is 0 Å². The van der Waals surface area contributed by atoms with Crippen LogP contribution in [0.4, 0.5) is 5.69 Å². The predicted octanol–water partition coefficient (Wildman–Crippen LogP) is 3.97. The third kappa shape index (κ3) is 5.66. The smallest absolute Gasteiger partial charge is 0.248 e. The number of hydrogen-bond donors (Lipinski definition) is 2. The molecule has 2 aromatic carbocycles. The quantitative estimate of drug-likeness (QED) is 0.805. The van der Waals surface area contributed by atoms with Gasteiger partial charge in [-0.15, -0.1) is 12.4 Å². The Morgan fingerprint density at radius 3 is 2.23 bits per heavy atom. The summed E-state index contributed by atoms with van der Waals surface area (Å²) >= 11 is 0. The second-order valence-electron chi connectivity index (χ2n) is 7.33. The summed E-state index contributed by atoms with van der Waals surface area (Å²) in [5, 5.41) is 2.87. The van der Waals surface area contributed by atoms with Crippen LogP contribution in [0.2, 0.25) is 0 Å². The van der Waals surface area contributed by atoms with Crippen LogP contribution in [0.15, 0.2) is 54.6 Å². The molecular formula is C20H27ClN2O2S. The number of nitrogens with two attached hydrogens (primary N) is 1. The van der Waals surface area contributed by atoms with E-state index in [1.807, 2.05) is 75.4 Å². The van der Waals surface area contributed by atoms with Gasteiger partial charge in [0, 0.05) is 27.0 Å². The SMILES string of the molecule is CC(N)(C(=O)Nc1cccc(CS(=O)C(C)(C)C)c1)c1ccccc1.Cl. The summed E-state index contributed by atoms with van der Waals surface area (Å²) in [6.45, 7) is 7.55. The van der Waals surface area contributed by atoms with E-state index in [-0.39, 0.29) is 23.1 Å². The Morgan fingerprint density at radius 1 is 1.04 bits per heavy atom. The lowest BCUT2D eigenvalue weighted by Crippen LogP contribution is -2.45. The first-order chi connectivity index (χ1) is 11.6. The fraction of sp³-hybridized carbons (Fsp3) is 0.350. The van der Waals surface area contributed by atoms with Crippen LogP contribution in [0.25, 0.3) is 0 Å². The normalized spacial score (nSPS) is 14.7. The van der Waals surface area contributed by atoms with Gasteiger partial charge in [0.1, 0.15) is 5.54 Å². The van der Waals surface area contributed by atoms with Crippen molar-refractivity contribution in [1.29, 1.82) is 0 Å². The maximum absolute atomic E-state index is 12.6. The highest BCUT2D eigenvalue weighted by Gasteiger charge is 2.30. The highest BCUT2D eigenvalue weighted by atomic mass is 35.5. The van der Waals surface area contributed by atoms with Gasteiger partial charge >= 0.3 is 0 Å². The van der Waals surface area contributed by atoms with Crippen molar-refractivity contribution in [2.45, 2.75) is 43.7 Å². The molecule has 0 aliphatic rings. The average Bonchev–Trinajstić information content (AvgIpc) is 2.55. The lowest BCUT2D eigenvalue weighted by atomic mass is 9.92. The number of carbonyl (C=O) groups excluding carboxylic acids is 1. The molecule has 0 heterocycles. The van der Waals surface area contributed by atoms with Gasteiger partial charge in [-0.2, -0.15) is 0 Å². The molecule has 4 nitrogen and oxygen atoms in total. The maximum Gasteiger partial charge on any atom is 0.248 e. The minimum Gasteiger partial charge on any atom is -0.324 e. The van der Waals surface area contributed by atoms with Crippen LogP contribution in [0.5, 0.6) is 0 Å². The third-order valence-corrected chi connectivity index (χ3v) is 5.97. The van der Waals surface area contributed by atoms with Gasteiger partial charge in [0.05, 0.1) is 0 Å². The molecule has 0 aromatic heterocycles. The van der Waals surface area contributed by atoms with E-state index in [0.29, 0.717) is 11.4 Å². The van der Waals surface area contributed by atoms with E-state index >= 15 is 0 Å². The van der Waals surface area contributed by atoms with Crippen LogP contribution in [-0.2, 0) is 26.9 Å². The first-order valence-electron chi connectivity index (χ1n) is 8.24. The lowest BCUT2D eigenvalue weighted by molar-refractivity contribution is -0.120. The molecule has 0 aliphatic heterocycles. The Kier molecular flexibility index (Phi) is 7.57. The van der Waals surface area contributed by atoms with Gasteiger partial charge in [-0.05, 0) is 51.0 Å². The highest BCUT2D eigenvalue weighted by molar-refractivity contribution is 7.85. The summed E-state index contributed by atoms with van der Waals surface area (Å²) < 4.78 is 12.0. The number of rotatable bonds is 5. The number of amides is 1. The number of hydrogen-bond acceptors (Lipinski definition) is 3. The van der Waals surface area contributed by atoms with Crippen LogP contribution in [-0.4, -0.2) is 14.9 Å². The Hall–Kier alpha value is -1.69. The summed E-state index contributed by atoms with van der Waals surface area (Å²) in [6.07, 6.45) is 0. The molecule has 0 bridgehead atoms. The summed E-state index contributed by atoms with van der Waals surface area (Å²) in [5.74, 6) is 0.166. The predicted molar refractivity (Wildman–Crippen MR) is 112 cm³/mol. The fourth-order valence-corrected chi connectivity index (χ4v) is 3.20. The first kappa shape index (κ1) is 22.4. The zero-order chi connectivity index (χ0) is 18.7. The summed E-state index contributed by atoms with van der Waals surface area (Å²) in [5.41, 5.74) is 7.43. The van der Waals surface area contributed by atoms with E-state index in [1.54, 1.807) is 6.92 Å². The molecule has 2 aromatic rings. The van der Waals surface area contributed by atoms with Crippen molar-refractivity contribution in [3.8, 4) is 0 Å². The summed E-state index contributed by atoms with van der Waals surface area (Å²) in [7, 11) is -0.993. The zero-order valence-electron chi connectivity index (χ0n) is 15.6. The Labute approximate surface area is 164 Å². The lowest BCUT2D eigenvalue weighted by Gasteiger charge is -2.24. The van der Waals surface area contributed by atoms with Gasteiger partial charge in [0.15, 0.2) is 0 Å². The zero-order valence-corrected chi connectivity index (χ0v) is 17.2. The second kappa shape index (κ2) is 8.80. The van der Waals surface area contributed by atoms with Crippen molar-refractivity contribution in [1.82, 2.24) is 0 Å². The van der Waals surface area contributed by atoms with Crippen molar-refractivity contribution in [2.24, 2.45) is 5.73 Å². The van der Waals surface area contributed by atoms with Crippen molar-refractivity contribution in [2.75, 3.05) is 5.32 Å². The molecule has 142 valence electrons. The molecule has 26 heavy (non-hydrogen) atoms. The van der Waals surface area contributed by atoms with Gasteiger partial charge in [-0.25, -0.2) is 0 Å². The largest absolute Gasteiger partial charge is 0.324 e. The first-order valence-corrected chi connectivity index (χ1v) is 9.56. The Bertz CT molecular complexity index is 771. The number of carbonyl (C=O) groups is 1. The van der Waals surface area contributed by atoms with E-state index < -0.39 is 16.3 Å². The van der Waals surface area contributed by atoms with Gasteiger partial charge in [-0.1, -0.05) is 42.5 Å². The molecule has 0 saturated heterocycles. The van der Waals surface area contributed by atoms with E-state index in [0.717, 1.165) is 11.1 Å².